The van der Waals surface area contributed by atoms with Crippen molar-refractivity contribution in [1.29, 1.82) is 0 Å². The van der Waals surface area contributed by atoms with E-state index in [1.165, 1.54) is 31.2 Å². The van der Waals surface area contributed by atoms with Crippen LogP contribution in [0.1, 0.15) is 56.9 Å². The van der Waals surface area contributed by atoms with Gasteiger partial charge in [-0.25, -0.2) is 0 Å². The van der Waals surface area contributed by atoms with E-state index in [0.717, 1.165) is 58.4 Å². The highest BCUT2D eigenvalue weighted by Gasteiger charge is 2.36. The molecule has 1 amide bonds. The lowest BCUT2D eigenvalue weighted by Gasteiger charge is -2.42. The molecule has 1 unspecified atom stereocenters. The number of hydrogen-bond donors (Lipinski definition) is 2. The molecule has 3 aliphatic rings. The Morgan fingerprint density at radius 2 is 1.97 bits per heavy atom. The summed E-state index contributed by atoms with van der Waals surface area (Å²) in [7, 11) is 0. The zero-order valence-corrected chi connectivity index (χ0v) is 18.3. The molecule has 4 rings (SSSR count). The predicted molar refractivity (Wildman–Crippen MR) is 118 cm³/mol. The first-order chi connectivity index (χ1) is 14.7. The Morgan fingerprint density at radius 1 is 1.17 bits per heavy atom. The van der Waals surface area contributed by atoms with E-state index in [4.69, 9.17) is 0 Å². The molecule has 2 aliphatic heterocycles. The number of aliphatic hydroxyl groups excluding tert-OH is 1. The lowest BCUT2D eigenvalue weighted by molar-refractivity contribution is -0.127. The van der Waals surface area contributed by atoms with Crippen molar-refractivity contribution in [1.82, 2.24) is 20.1 Å². The average molecular weight is 415 g/mol. The maximum atomic E-state index is 12.9. The number of aromatic nitrogens is 1. The molecule has 0 bridgehead atoms. The number of carbonyl (C=O) groups excluding carboxylic acids is 1. The zero-order chi connectivity index (χ0) is 20.8. The molecule has 1 aromatic heterocycles. The SMILES string of the molecule is O=C(NCC1(CO)CCCC1)C1CCCN(C2CCN(Cc3cccnc3)CC2)C1. The molecule has 0 aromatic carbocycles. The number of hydrogen-bond acceptors (Lipinski definition) is 5. The second-order valence-corrected chi connectivity index (χ2v) is 9.79. The van der Waals surface area contributed by atoms with Crippen LogP contribution in [-0.2, 0) is 11.3 Å². The summed E-state index contributed by atoms with van der Waals surface area (Å²) in [5.41, 5.74) is 1.22. The summed E-state index contributed by atoms with van der Waals surface area (Å²) in [6, 6.07) is 4.76. The number of carbonyl (C=O) groups is 1. The Bertz CT molecular complexity index is 669. The van der Waals surface area contributed by atoms with Gasteiger partial charge in [-0.3, -0.25) is 19.6 Å². The molecule has 2 saturated heterocycles. The number of likely N-dealkylation sites (tertiary alicyclic amines) is 2. The number of amides is 1. The number of rotatable bonds is 7. The molecule has 30 heavy (non-hydrogen) atoms. The van der Waals surface area contributed by atoms with Crippen molar-refractivity contribution in [3.05, 3.63) is 30.1 Å². The summed E-state index contributed by atoms with van der Waals surface area (Å²) < 4.78 is 0. The van der Waals surface area contributed by atoms with Gasteiger partial charge in [0.2, 0.25) is 5.91 Å². The van der Waals surface area contributed by atoms with E-state index in [9.17, 15) is 9.90 Å². The van der Waals surface area contributed by atoms with Crippen molar-refractivity contribution in [3.8, 4) is 0 Å². The highest BCUT2D eigenvalue weighted by atomic mass is 16.3. The van der Waals surface area contributed by atoms with Crippen molar-refractivity contribution >= 4 is 5.91 Å². The van der Waals surface area contributed by atoms with Crippen molar-refractivity contribution in [2.75, 3.05) is 39.3 Å². The lowest BCUT2D eigenvalue weighted by atomic mass is 9.86. The van der Waals surface area contributed by atoms with E-state index in [-0.39, 0.29) is 23.8 Å². The predicted octanol–water partition coefficient (Wildman–Crippen LogP) is 2.43. The molecular formula is C24H38N4O2. The van der Waals surface area contributed by atoms with Crippen LogP contribution in [0.25, 0.3) is 0 Å². The molecule has 1 aliphatic carbocycles. The summed E-state index contributed by atoms with van der Waals surface area (Å²) in [6.07, 6.45) is 12.7. The molecule has 2 N–H and O–H groups in total. The second-order valence-electron chi connectivity index (χ2n) is 9.79. The topological polar surface area (TPSA) is 68.7 Å². The summed E-state index contributed by atoms with van der Waals surface area (Å²) in [5.74, 6) is 0.303. The summed E-state index contributed by atoms with van der Waals surface area (Å²) in [5, 5.41) is 13.0. The third-order valence-electron chi connectivity index (χ3n) is 7.66. The number of nitrogens with zero attached hydrogens (tertiary/aromatic N) is 3. The summed E-state index contributed by atoms with van der Waals surface area (Å²) >= 11 is 0. The average Bonchev–Trinajstić information content (AvgIpc) is 3.28. The van der Waals surface area contributed by atoms with Gasteiger partial charge in [-0.05, 0) is 69.8 Å². The fourth-order valence-corrected chi connectivity index (χ4v) is 5.68. The minimum absolute atomic E-state index is 0.0644. The first-order valence-electron chi connectivity index (χ1n) is 11.9. The van der Waals surface area contributed by atoms with Crippen LogP contribution in [-0.4, -0.2) is 71.2 Å². The van der Waals surface area contributed by atoms with E-state index in [2.05, 4.69) is 26.2 Å². The smallest absolute Gasteiger partial charge is 0.224 e. The molecule has 166 valence electrons. The van der Waals surface area contributed by atoms with Gasteiger partial charge in [-0.1, -0.05) is 18.9 Å². The van der Waals surface area contributed by atoms with Crippen molar-refractivity contribution in [3.63, 3.8) is 0 Å². The largest absolute Gasteiger partial charge is 0.396 e. The molecule has 6 heteroatoms. The van der Waals surface area contributed by atoms with Crippen LogP contribution < -0.4 is 5.32 Å². The van der Waals surface area contributed by atoms with Gasteiger partial charge in [0.25, 0.3) is 0 Å². The Morgan fingerprint density at radius 3 is 2.67 bits per heavy atom. The summed E-state index contributed by atoms with van der Waals surface area (Å²) in [6.45, 7) is 6.08. The van der Waals surface area contributed by atoms with Crippen molar-refractivity contribution in [2.24, 2.45) is 11.3 Å². The fourth-order valence-electron chi connectivity index (χ4n) is 5.68. The second kappa shape index (κ2) is 10.2. The van der Waals surface area contributed by atoms with Crippen LogP contribution in [0, 0.1) is 11.3 Å². The molecule has 1 saturated carbocycles. The standard InChI is InChI=1S/C24H38N4O2/c29-19-24(9-1-2-10-24)18-26-23(30)21-6-4-12-28(17-21)22-7-13-27(14-8-22)16-20-5-3-11-25-15-20/h3,5,11,15,21-22,29H,1-2,4,6-10,12-14,16-19H2,(H,26,30). The fraction of sp³-hybridized carbons (Fsp3) is 0.750. The van der Waals surface area contributed by atoms with E-state index < -0.39 is 0 Å². The van der Waals surface area contributed by atoms with Crippen LogP contribution in [0.4, 0.5) is 0 Å². The van der Waals surface area contributed by atoms with Gasteiger partial charge in [0.15, 0.2) is 0 Å². The minimum atomic E-state index is -0.0644. The number of aliphatic hydroxyl groups is 1. The highest BCUT2D eigenvalue weighted by Crippen LogP contribution is 2.37. The molecule has 6 nitrogen and oxygen atoms in total. The molecule has 3 fully saturated rings. The van der Waals surface area contributed by atoms with Gasteiger partial charge >= 0.3 is 0 Å². The molecule has 0 spiro atoms. The van der Waals surface area contributed by atoms with Gasteiger partial charge in [0, 0.05) is 43.5 Å². The summed E-state index contributed by atoms with van der Waals surface area (Å²) in [4.78, 5) is 22.2. The van der Waals surface area contributed by atoms with Gasteiger partial charge in [-0.15, -0.1) is 0 Å². The Balaban J connectivity index is 1.22. The Labute approximate surface area is 181 Å². The van der Waals surface area contributed by atoms with Crippen LogP contribution in [0.3, 0.4) is 0 Å². The van der Waals surface area contributed by atoms with Gasteiger partial charge < -0.3 is 10.4 Å². The third kappa shape index (κ3) is 5.40. The maximum absolute atomic E-state index is 12.9. The first-order valence-corrected chi connectivity index (χ1v) is 11.9. The van der Waals surface area contributed by atoms with Gasteiger partial charge in [0.1, 0.15) is 0 Å². The van der Waals surface area contributed by atoms with E-state index in [1.807, 2.05) is 18.5 Å². The van der Waals surface area contributed by atoms with Crippen LogP contribution in [0.15, 0.2) is 24.5 Å². The normalized spacial score (nSPS) is 26.0. The van der Waals surface area contributed by atoms with Crippen molar-refractivity contribution in [2.45, 2.75) is 64.0 Å². The van der Waals surface area contributed by atoms with E-state index >= 15 is 0 Å². The van der Waals surface area contributed by atoms with Crippen LogP contribution >= 0.6 is 0 Å². The Hall–Kier alpha value is -1.50. The van der Waals surface area contributed by atoms with Gasteiger partial charge in [0.05, 0.1) is 12.5 Å². The highest BCUT2D eigenvalue weighted by molar-refractivity contribution is 5.79. The first kappa shape index (κ1) is 21.7. The number of piperidine rings is 2. The molecule has 1 aromatic rings. The van der Waals surface area contributed by atoms with Crippen LogP contribution in [0.2, 0.25) is 0 Å². The van der Waals surface area contributed by atoms with E-state index in [1.54, 1.807) is 0 Å². The van der Waals surface area contributed by atoms with E-state index in [0.29, 0.717) is 12.6 Å². The molecule has 0 radical (unpaired) electrons. The third-order valence-corrected chi connectivity index (χ3v) is 7.66. The molecule has 3 heterocycles. The zero-order valence-electron chi connectivity index (χ0n) is 18.3. The molecular weight excluding hydrogens is 376 g/mol. The number of pyridine rings is 1. The lowest BCUT2D eigenvalue weighted by Crippen LogP contribution is -2.51. The maximum Gasteiger partial charge on any atom is 0.224 e. The molecule has 1 atom stereocenters. The van der Waals surface area contributed by atoms with Gasteiger partial charge in [-0.2, -0.15) is 0 Å². The quantitative estimate of drug-likeness (QED) is 0.717. The van der Waals surface area contributed by atoms with Crippen molar-refractivity contribution < 1.29 is 9.90 Å². The minimum Gasteiger partial charge on any atom is -0.396 e. The monoisotopic (exact) mass is 414 g/mol. The Kier molecular flexibility index (Phi) is 7.39. The number of nitrogens with one attached hydrogen (secondary N) is 1. The van der Waals surface area contributed by atoms with Crippen LogP contribution in [0.5, 0.6) is 0 Å².